The molecule has 2 fully saturated rings. The number of piperidine rings is 1. The highest BCUT2D eigenvalue weighted by molar-refractivity contribution is 8.18. The molecule has 200 valence electrons. The van der Waals surface area contributed by atoms with Crippen molar-refractivity contribution in [2.75, 3.05) is 37.1 Å². The van der Waals surface area contributed by atoms with E-state index in [1.54, 1.807) is 18.3 Å². The summed E-state index contributed by atoms with van der Waals surface area (Å²) < 4.78 is 11.0. The average Bonchev–Trinajstić information content (AvgIpc) is 3.54. The molecule has 1 aromatic carbocycles. The number of amides is 2. The maximum atomic E-state index is 11.8. The molecular weight excluding hydrogens is 518 g/mol. The molecular formula is C27H27N7O4S. The molecule has 0 radical (unpaired) electrons. The van der Waals surface area contributed by atoms with Crippen LogP contribution in [0.3, 0.4) is 0 Å². The first-order valence-electron chi connectivity index (χ1n) is 12.7. The second-order valence-electron chi connectivity index (χ2n) is 9.51. The Labute approximate surface area is 229 Å². The lowest BCUT2D eigenvalue weighted by molar-refractivity contribution is -0.115. The van der Waals surface area contributed by atoms with Crippen molar-refractivity contribution in [2.45, 2.75) is 19.4 Å². The fourth-order valence-corrected chi connectivity index (χ4v) is 5.50. The molecule has 0 unspecified atom stereocenters. The van der Waals surface area contributed by atoms with E-state index in [9.17, 15) is 9.59 Å². The van der Waals surface area contributed by atoms with Gasteiger partial charge in [-0.2, -0.15) is 0 Å². The Morgan fingerprint density at radius 3 is 2.77 bits per heavy atom. The van der Waals surface area contributed by atoms with Gasteiger partial charge >= 0.3 is 0 Å². The molecule has 0 atom stereocenters. The van der Waals surface area contributed by atoms with E-state index in [-0.39, 0.29) is 12.0 Å². The van der Waals surface area contributed by atoms with E-state index in [4.69, 9.17) is 15.2 Å². The van der Waals surface area contributed by atoms with Gasteiger partial charge in [0.15, 0.2) is 11.5 Å². The minimum Gasteiger partial charge on any atom is -0.454 e. The quantitative estimate of drug-likeness (QED) is 0.376. The highest BCUT2D eigenvalue weighted by Gasteiger charge is 2.26. The standard InChI is InChI=1S/C27H27N7O4S/c28-23-4-2-18(24(32-23)17-1-3-20-21(11-17)38-15-37-20)14-29-13-16-6-9-34(10-7-16)26-30-8-5-19(31-26)12-22-25(35)33-27(36)39-22/h1-5,8,11-12,16,29H,6-7,9-10,13-15H2,(H2,28,32)(H,33,35,36). The zero-order chi connectivity index (χ0) is 26.8. The molecule has 0 saturated carbocycles. The van der Waals surface area contributed by atoms with Gasteiger partial charge in [-0.05, 0) is 79.0 Å². The van der Waals surface area contributed by atoms with Crippen molar-refractivity contribution in [1.82, 2.24) is 25.6 Å². The van der Waals surface area contributed by atoms with E-state index in [0.717, 1.165) is 66.8 Å². The molecule has 2 saturated heterocycles. The number of thioether (sulfide) groups is 1. The maximum absolute atomic E-state index is 11.8. The van der Waals surface area contributed by atoms with Crippen LogP contribution >= 0.6 is 11.8 Å². The van der Waals surface area contributed by atoms with Gasteiger partial charge in [-0.25, -0.2) is 15.0 Å². The molecule has 11 nitrogen and oxygen atoms in total. The Hall–Kier alpha value is -4.16. The van der Waals surface area contributed by atoms with E-state index in [1.807, 2.05) is 30.3 Å². The van der Waals surface area contributed by atoms with Crippen molar-refractivity contribution in [1.29, 1.82) is 0 Å². The van der Waals surface area contributed by atoms with Crippen LogP contribution in [0, 0.1) is 5.92 Å². The Morgan fingerprint density at radius 2 is 1.95 bits per heavy atom. The number of hydrogen-bond donors (Lipinski definition) is 3. The number of carbonyl (C=O) groups is 2. The average molecular weight is 546 g/mol. The number of ether oxygens (including phenoxy) is 2. The molecule has 4 N–H and O–H groups in total. The third kappa shape index (κ3) is 5.66. The summed E-state index contributed by atoms with van der Waals surface area (Å²) in [4.78, 5) is 39.4. The summed E-state index contributed by atoms with van der Waals surface area (Å²) in [5, 5.41) is 5.49. The number of nitrogens with two attached hydrogens (primary N) is 1. The number of rotatable bonds is 7. The lowest BCUT2D eigenvalue weighted by Gasteiger charge is -2.32. The number of nitrogen functional groups attached to an aromatic ring is 1. The summed E-state index contributed by atoms with van der Waals surface area (Å²) in [5.41, 5.74) is 9.45. The number of carbonyl (C=O) groups excluding carboxylic acids is 2. The molecule has 0 aliphatic carbocycles. The van der Waals surface area contributed by atoms with Crippen LogP contribution in [0.5, 0.6) is 11.5 Å². The number of pyridine rings is 1. The van der Waals surface area contributed by atoms with Crippen molar-refractivity contribution in [3.05, 3.63) is 58.8 Å². The number of hydrogen-bond acceptors (Lipinski definition) is 11. The van der Waals surface area contributed by atoms with Crippen LogP contribution in [0.1, 0.15) is 24.1 Å². The second-order valence-corrected chi connectivity index (χ2v) is 10.5. The first-order valence-corrected chi connectivity index (χ1v) is 13.5. The van der Waals surface area contributed by atoms with Gasteiger partial charge in [0.1, 0.15) is 5.82 Å². The molecule has 12 heteroatoms. The van der Waals surface area contributed by atoms with Crippen LogP contribution < -0.4 is 30.7 Å². The Morgan fingerprint density at radius 1 is 1.10 bits per heavy atom. The Kier molecular flexibility index (Phi) is 7.03. The van der Waals surface area contributed by atoms with Gasteiger partial charge in [-0.3, -0.25) is 14.9 Å². The minimum atomic E-state index is -0.392. The summed E-state index contributed by atoms with van der Waals surface area (Å²) in [5.74, 6) is 2.68. The molecule has 2 amide bonds. The fourth-order valence-electron chi connectivity index (χ4n) is 4.84. The lowest BCUT2D eigenvalue weighted by Crippen LogP contribution is -2.38. The molecule has 3 aliphatic rings. The molecule has 6 rings (SSSR count). The predicted molar refractivity (Wildman–Crippen MR) is 148 cm³/mol. The van der Waals surface area contributed by atoms with Crippen molar-refractivity contribution < 1.29 is 19.1 Å². The topological polar surface area (TPSA) is 145 Å². The highest BCUT2D eigenvalue weighted by Crippen LogP contribution is 2.36. The number of anilines is 2. The van der Waals surface area contributed by atoms with Gasteiger partial charge in [0.05, 0.1) is 16.3 Å². The molecule has 39 heavy (non-hydrogen) atoms. The van der Waals surface area contributed by atoms with Crippen molar-refractivity contribution in [3.8, 4) is 22.8 Å². The fraction of sp³-hybridized carbons (Fsp3) is 0.296. The van der Waals surface area contributed by atoms with E-state index in [0.29, 0.717) is 40.6 Å². The van der Waals surface area contributed by atoms with E-state index >= 15 is 0 Å². The Bertz CT molecular complexity index is 1460. The van der Waals surface area contributed by atoms with Gasteiger partial charge in [0.25, 0.3) is 11.1 Å². The number of nitrogens with zero attached hydrogens (tertiary/aromatic N) is 4. The third-order valence-electron chi connectivity index (χ3n) is 6.88. The van der Waals surface area contributed by atoms with Gasteiger partial charge < -0.3 is 25.4 Å². The van der Waals surface area contributed by atoms with Crippen molar-refractivity contribution in [3.63, 3.8) is 0 Å². The molecule has 3 aromatic rings. The smallest absolute Gasteiger partial charge is 0.290 e. The van der Waals surface area contributed by atoms with Crippen molar-refractivity contribution >= 4 is 40.8 Å². The highest BCUT2D eigenvalue weighted by atomic mass is 32.2. The number of benzene rings is 1. The summed E-state index contributed by atoms with van der Waals surface area (Å²) >= 11 is 0.881. The first kappa shape index (κ1) is 25.1. The SMILES string of the molecule is Nc1ccc(CNCC2CCN(c3nccc(C=C4SC(=O)NC4=O)n3)CC2)c(-c2ccc3c(c2)OCO3)n1. The van der Waals surface area contributed by atoms with Gasteiger partial charge in [0, 0.05) is 31.4 Å². The van der Waals surface area contributed by atoms with Crippen molar-refractivity contribution in [2.24, 2.45) is 5.92 Å². The van der Waals surface area contributed by atoms with Crippen LogP contribution in [-0.4, -0.2) is 52.5 Å². The molecule has 5 heterocycles. The van der Waals surface area contributed by atoms with Crippen LogP contribution in [0.2, 0.25) is 0 Å². The summed E-state index contributed by atoms with van der Waals surface area (Å²) in [6.07, 6.45) is 5.31. The number of aromatic nitrogens is 3. The number of fused-ring (bicyclic) bond motifs is 1. The largest absolute Gasteiger partial charge is 0.454 e. The molecule has 0 bridgehead atoms. The van der Waals surface area contributed by atoms with Crippen LogP contribution in [0.15, 0.2) is 47.5 Å². The second kappa shape index (κ2) is 10.9. The zero-order valence-electron chi connectivity index (χ0n) is 21.1. The zero-order valence-corrected chi connectivity index (χ0v) is 21.9. The monoisotopic (exact) mass is 545 g/mol. The van der Waals surface area contributed by atoms with Gasteiger partial charge in [0.2, 0.25) is 12.7 Å². The van der Waals surface area contributed by atoms with Gasteiger partial charge in [-0.15, -0.1) is 0 Å². The normalized spacial score (nSPS) is 18.2. The summed E-state index contributed by atoms with van der Waals surface area (Å²) in [6, 6.07) is 11.4. The maximum Gasteiger partial charge on any atom is 0.290 e. The Balaban J connectivity index is 1.04. The van der Waals surface area contributed by atoms with Crippen LogP contribution in [0.4, 0.5) is 16.6 Å². The lowest BCUT2D eigenvalue weighted by atomic mass is 9.96. The number of nitrogens with one attached hydrogen (secondary N) is 2. The summed E-state index contributed by atoms with van der Waals surface area (Å²) in [6.45, 7) is 3.46. The minimum absolute atomic E-state index is 0.228. The van der Waals surface area contributed by atoms with Crippen LogP contribution in [0.25, 0.3) is 17.3 Å². The van der Waals surface area contributed by atoms with Crippen LogP contribution in [-0.2, 0) is 11.3 Å². The van der Waals surface area contributed by atoms with E-state index < -0.39 is 5.91 Å². The molecule has 2 aromatic heterocycles. The predicted octanol–water partition coefficient (Wildman–Crippen LogP) is 3.18. The van der Waals surface area contributed by atoms with E-state index in [1.165, 1.54) is 0 Å². The number of imide groups is 1. The first-order chi connectivity index (χ1) is 19.0. The third-order valence-corrected chi connectivity index (χ3v) is 7.69. The molecule has 0 spiro atoms. The summed E-state index contributed by atoms with van der Waals surface area (Å²) in [7, 11) is 0. The molecule has 3 aliphatic heterocycles. The van der Waals surface area contributed by atoms with Gasteiger partial charge in [-0.1, -0.05) is 6.07 Å². The van der Waals surface area contributed by atoms with E-state index in [2.05, 4.69) is 30.5 Å².